The Bertz CT molecular complexity index is 82.4. The van der Waals surface area contributed by atoms with Crippen molar-refractivity contribution in [2.75, 3.05) is 6.61 Å². The highest BCUT2D eigenvalue weighted by atomic mass is 16.6. The maximum atomic E-state index is 5.00. The quantitative estimate of drug-likeness (QED) is 0.400. The number of ether oxygens (including phenoxy) is 1. The van der Waals surface area contributed by atoms with Gasteiger partial charge in [0.1, 0.15) is 0 Å². The van der Waals surface area contributed by atoms with E-state index < -0.39 is 0 Å². The predicted molar refractivity (Wildman–Crippen MR) is 33.8 cm³/mol. The molecule has 0 amide bonds. The van der Waals surface area contributed by atoms with Crippen molar-refractivity contribution < 1.29 is 4.74 Å². The molecule has 0 aliphatic carbocycles. The van der Waals surface area contributed by atoms with Gasteiger partial charge in [0.2, 0.25) is 0 Å². The smallest absolute Gasteiger partial charge is 0.0844 e. The highest BCUT2D eigenvalue weighted by Crippen LogP contribution is 2.13. The van der Waals surface area contributed by atoms with Crippen molar-refractivity contribution in [3.63, 3.8) is 0 Å². The summed E-state index contributed by atoms with van der Waals surface area (Å²) < 4.78 is 5.00. The van der Waals surface area contributed by atoms with Crippen LogP contribution in [-0.4, -0.2) is 12.7 Å². The molecule has 0 bridgehead atoms. The van der Waals surface area contributed by atoms with Crippen LogP contribution < -0.4 is 0 Å². The molecule has 46 valence electrons. The van der Waals surface area contributed by atoms with Crippen LogP contribution in [0.15, 0.2) is 12.2 Å². The maximum absolute atomic E-state index is 5.00. The third-order valence-corrected chi connectivity index (χ3v) is 1.20. The minimum Gasteiger partial charge on any atom is -0.373 e. The predicted octanol–water partition coefficient (Wildman–Crippen LogP) is 1.74. The van der Waals surface area contributed by atoms with Crippen LogP contribution in [0.1, 0.15) is 19.8 Å². The summed E-state index contributed by atoms with van der Waals surface area (Å²) in [6.45, 7) is 3.12. The van der Waals surface area contributed by atoms with Crippen LogP contribution in [0.25, 0.3) is 0 Å². The first-order chi connectivity index (χ1) is 3.93. The van der Waals surface area contributed by atoms with Crippen LogP contribution in [0.3, 0.4) is 0 Å². The third-order valence-electron chi connectivity index (χ3n) is 1.20. The molecule has 8 heavy (non-hydrogen) atoms. The molecule has 0 aromatic carbocycles. The van der Waals surface area contributed by atoms with Gasteiger partial charge in [-0.15, -0.1) is 0 Å². The van der Waals surface area contributed by atoms with Gasteiger partial charge in [-0.25, -0.2) is 0 Å². The van der Waals surface area contributed by atoms with Gasteiger partial charge in [0, 0.05) is 0 Å². The van der Waals surface area contributed by atoms with Crippen LogP contribution in [0.2, 0.25) is 0 Å². The highest BCUT2D eigenvalue weighted by Gasteiger charge is 2.19. The molecular weight excluding hydrogens is 100 g/mol. The maximum Gasteiger partial charge on any atom is 0.0844 e. The second-order valence-electron chi connectivity index (χ2n) is 2.07. The van der Waals surface area contributed by atoms with Gasteiger partial charge in [0.25, 0.3) is 0 Å². The molecule has 0 aromatic heterocycles. The Labute approximate surface area is 50.3 Å². The Morgan fingerprint density at radius 3 is 2.88 bits per heavy atom. The van der Waals surface area contributed by atoms with Crippen molar-refractivity contribution in [1.82, 2.24) is 0 Å². The van der Waals surface area contributed by atoms with Gasteiger partial charge in [-0.05, 0) is 12.8 Å². The van der Waals surface area contributed by atoms with E-state index in [-0.39, 0.29) is 0 Å². The monoisotopic (exact) mass is 112 g/mol. The Hall–Kier alpha value is -0.300. The SMILES string of the molecule is CC/C=C/C[C@H]1CO1. The van der Waals surface area contributed by atoms with E-state index in [2.05, 4.69) is 19.1 Å². The van der Waals surface area contributed by atoms with E-state index in [4.69, 9.17) is 4.74 Å². The van der Waals surface area contributed by atoms with Gasteiger partial charge in [-0.1, -0.05) is 19.1 Å². The summed E-state index contributed by atoms with van der Waals surface area (Å²) in [5.74, 6) is 0. The second kappa shape index (κ2) is 2.88. The van der Waals surface area contributed by atoms with Crippen molar-refractivity contribution in [2.45, 2.75) is 25.9 Å². The fraction of sp³-hybridized carbons (Fsp3) is 0.714. The third kappa shape index (κ3) is 2.12. The van der Waals surface area contributed by atoms with Gasteiger partial charge < -0.3 is 4.74 Å². The van der Waals surface area contributed by atoms with Crippen molar-refractivity contribution in [2.24, 2.45) is 0 Å². The molecule has 0 N–H and O–H groups in total. The lowest BCUT2D eigenvalue weighted by molar-refractivity contribution is 0.410. The fourth-order valence-electron chi connectivity index (χ4n) is 0.619. The average Bonchev–Trinajstić information content (AvgIpc) is 2.51. The summed E-state index contributed by atoms with van der Waals surface area (Å²) in [5.41, 5.74) is 0. The van der Waals surface area contributed by atoms with Crippen LogP contribution in [0.5, 0.6) is 0 Å². The molecule has 1 nitrogen and oxygen atoms in total. The van der Waals surface area contributed by atoms with Crippen molar-refractivity contribution in [3.8, 4) is 0 Å². The van der Waals surface area contributed by atoms with Crippen LogP contribution in [-0.2, 0) is 4.74 Å². The average molecular weight is 112 g/mol. The normalized spacial score (nSPS) is 26.9. The zero-order valence-corrected chi connectivity index (χ0v) is 5.26. The van der Waals surface area contributed by atoms with E-state index in [9.17, 15) is 0 Å². The highest BCUT2D eigenvalue weighted by molar-refractivity contribution is 4.86. The van der Waals surface area contributed by atoms with Gasteiger partial charge in [-0.3, -0.25) is 0 Å². The first kappa shape index (κ1) is 5.83. The molecule has 0 saturated carbocycles. The second-order valence-corrected chi connectivity index (χ2v) is 2.07. The van der Waals surface area contributed by atoms with E-state index in [1.807, 2.05) is 0 Å². The Kier molecular flexibility index (Phi) is 2.10. The van der Waals surface area contributed by atoms with E-state index in [1.54, 1.807) is 0 Å². The molecule has 0 radical (unpaired) electrons. The molecule has 1 fully saturated rings. The number of hydrogen-bond donors (Lipinski definition) is 0. The Morgan fingerprint density at radius 1 is 1.62 bits per heavy atom. The first-order valence-electron chi connectivity index (χ1n) is 3.20. The van der Waals surface area contributed by atoms with E-state index in [1.165, 1.54) is 0 Å². The summed E-state index contributed by atoms with van der Waals surface area (Å²) in [6, 6.07) is 0. The molecule has 1 atom stereocenters. The minimum absolute atomic E-state index is 0.567. The van der Waals surface area contributed by atoms with Crippen LogP contribution in [0.4, 0.5) is 0 Å². The molecule has 1 aliphatic rings. The van der Waals surface area contributed by atoms with Gasteiger partial charge >= 0.3 is 0 Å². The Morgan fingerprint density at radius 2 is 2.38 bits per heavy atom. The minimum atomic E-state index is 0.567. The Balaban J connectivity index is 1.93. The zero-order valence-electron chi connectivity index (χ0n) is 5.26. The van der Waals surface area contributed by atoms with E-state index >= 15 is 0 Å². The van der Waals surface area contributed by atoms with Crippen molar-refractivity contribution >= 4 is 0 Å². The van der Waals surface area contributed by atoms with Crippen LogP contribution >= 0.6 is 0 Å². The number of epoxide rings is 1. The summed E-state index contributed by atoms with van der Waals surface area (Å²) in [7, 11) is 0. The molecule has 1 heteroatoms. The summed E-state index contributed by atoms with van der Waals surface area (Å²) in [6.07, 6.45) is 7.21. The van der Waals surface area contributed by atoms with Crippen molar-refractivity contribution in [3.05, 3.63) is 12.2 Å². The summed E-state index contributed by atoms with van der Waals surface area (Å²) in [5, 5.41) is 0. The van der Waals surface area contributed by atoms with E-state index in [0.717, 1.165) is 19.4 Å². The van der Waals surface area contributed by atoms with Crippen LogP contribution in [0, 0.1) is 0 Å². The van der Waals surface area contributed by atoms with Crippen molar-refractivity contribution in [1.29, 1.82) is 0 Å². The number of rotatable bonds is 3. The lowest BCUT2D eigenvalue weighted by atomic mass is 10.3. The topological polar surface area (TPSA) is 12.5 Å². The standard InChI is InChI=1S/C7H12O/c1-2-3-4-5-7-6-8-7/h3-4,7H,2,5-6H2,1H3/b4-3+/t7-/m0/s1. The summed E-state index contributed by atoms with van der Waals surface area (Å²) in [4.78, 5) is 0. The molecular formula is C7H12O. The number of hydrogen-bond acceptors (Lipinski definition) is 1. The van der Waals surface area contributed by atoms with Gasteiger partial charge in [0.05, 0.1) is 12.7 Å². The molecule has 1 rings (SSSR count). The molecule has 1 aliphatic heterocycles. The molecule has 1 saturated heterocycles. The fourth-order valence-corrected chi connectivity index (χ4v) is 0.619. The number of allylic oxidation sites excluding steroid dienone is 1. The van der Waals surface area contributed by atoms with Gasteiger partial charge in [0.15, 0.2) is 0 Å². The molecule has 0 spiro atoms. The lowest BCUT2D eigenvalue weighted by Crippen LogP contribution is -1.77. The molecule has 0 unspecified atom stereocenters. The lowest BCUT2D eigenvalue weighted by Gasteiger charge is -1.80. The van der Waals surface area contributed by atoms with Gasteiger partial charge in [-0.2, -0.15) is 0 Å². The zero-order chi connectivity index (χ0) is 5.82. The molecule has 1 heterocycles. The first-order valence-corrected chi connectivity index (χ1v) is 3.20. The largest absolute Gasteiger partial charge is 0.373 e. The summed E-state index contributed by atoms with van der Waals surface area (Å²) >= 11 is 0. The molecule has 0 aromatic rings. The van der Waals surface area contributed by atoms with E-state index in [0.29, 0.717) is 6.10 Å².